The van der Waals surface area contributed by atoms with Crippen LogP contribution in [0.1, 0.15) is 26.7 Å². The molecule has 0 spiro atoms. The molecule has 0 aromatic heterocycles. The number of nitrogens with two attached hydrogens (primary N) is 1. The molecule has 0 aromatic rings. The lowest BCUT2D eigenvalue weighted by atomic mass is 9.99. The van der Waals surface area contributed by atoms with Crippen molar-refractivity contribution < 1.29 is 17.9 Å². The Morgan fingerprint density at radius 2 is 2.00 bits per heavy atom. The van der Waals surface area contributed by atoms with Crippen LogP contribution in [0.4, 0.5) is 13.2 Å². The third kappa shape index (κ3) is 1.96. The first-order chi connectivity index (χ1) is 6.38. The molecule has 1 aliphatic rings. The molecule has 0 aliphatic carbocycles. The van der Waals surface area contributed by atoms with Crippen LogP contribution < -0.4 is 5.73 Å². The molecule has 0 saturated heterocycles. The summed E-state index contributed by atoms with van der Waals surface area (Å²) in [6.07, 6.45) is -3.49. The molecule has 82 valence electrons. The Morgan fingerprint density at radius 1 is 1.43 bits per heavy atom. The van der Waals surface area contributed by atoms with Crippen LogP contribution in [0, 0.1) is 5.92 Å². The predicted octanol–water partition coefficient (Wildman–Crippen LogP) is 2.55. The molecule has 2 unspecified atom stereocenters. The molecule has 2 atom stereocenters. The van der Waals surface area contributed by atoms with Gasteiger partial charge in [0.1, 0.15) is 6.10 Å². The molecule has 5 heteroatoms. The first-order valence-corrected chi connectivity index (χ1v) is 4.61. The molecular weight excluding hydrogens is 195 g/mol. The summed E-state index contributed by atoms with van der Waals surface area (Å²) in [5.74, 6) is -1.34. The van der Waals surface area contributed by atoms with Crippen molar-refractivity contribution in [3.8, 4) is 0 Å². The van der Waals surface area contributed by atoms with Crippen LogP contribution in [0.5, 0.6) is 0 Å². The third-order valence-electron chi connectivity index (χ3n) is 2.41. The minimum atomic E-state index is -4.46. The van der Waals surface area contributed by atoms with Gasteiger partial charge in [-0.15, -0.1) is 0 Å². The molecule has 0 bridgehead atoms. The van der Waals surface area contributed by atoms with E-state index in [0.29, 0.717) is 6.42 Å². The van der Waals surface area contributed by atoms with Gasteiger partial charge < -0.3 is 10.5 Å². The van der Waals surface area contributed by atoms with Crippen molar-refractivity contribution in [1.29, 1.82) is 0 Å². The summed E-state index contributed by atoms with van der Waals surface area (Å²) in [4.78, 5) is 0. The van der Waals surface area contributed by atoms with Gasteiger partial charge in [0.25, 0.3) is 0 Å². The zero-order valence-corrected chi connectivity index (χ0v) is 8.19. The van der Waals surface area contributed by atoms with Crippen molar-refractivity contribution in [3.63, 3.8) is 0 Å². The highest BCUT2D eigenvalue weighted by atomic mass is 19.4. The fourth-order valence-electron chi connectivity index (χ4n) is 1.55. The molecule has 0 aromatic carbocycles. The highest BCUT2D eigenvalue weighted by Gasteiger charge is 2.46. The fraction of sp³-hybridized carbons (Fsp3) is 0.778. The summed E-state index contributed by atoms with van der Waals surface area (Å²) in [5, 5.41) is 0. The molecule has 0 fully saturated rings. The van der Waals surface area contributed by atoms with E-state index in [2.05, 4.69) is 0 Å². The molecule has 2 N–H and O–H groups in total. The van der Waals surface area contributed by atoms with Gasteiger partial charge in [-0.25, -0.2) is 0 Å². The summed E-state index contributed by atoms with van der Waals surface area (Å²) >= 11 is 0. The van der Waals surface area contributed by atoms with E-state index >= 15 is 0 Å². The van der Waals surface area contributed by atoms with Gasteiger partial charge in [0, 0.05) is 5.92 Å². The number of hydrogen-bond donors (Lipinski definition) is 1. The van der Waals surface area contributed by atoms with E-state index in [-0.39, 0.29) is 11.6 Å². The number of ether oxygens (including phenoxy) is 1. The van der Waals surface area contributed by atoms with Gasteiger partial charge in [-0.3, -0.25) is 0 Å². The molecule has 1 aliphatic heterocycles. The summed E-state index contributed by atoms with van der Waals surface area (Å²) in [6.45, 7) is 3.56. The van der Waals surface area contributed by atoms with Crippen molar-refractivity contribution in [2.45, 2.75) is 39.0 Å². The zero-order chi connectivity index (χ0) is 10.9. The Labute approximate surface area is 80.9 Å². The van der Waals surface area contributed by atoms with Gasteiger partial charge in [-0.1, -0.05) is 20.3 Å². The quantitative estimate of drug-likeness (QED) is 0.758. The van der Waals surface area contributed by atoms with Crippen LogP contribution in [0.2, 0.25) is 0 Å². The minimum Gasteiger partial charge on any atom is -0.484 e. The van der Waals surface area contributed by atoms with Gasteiger partial charge in [0.15, 0.2) is 0 Å². The van der Waals surface area contributed by atoms with Crippen LogP contribution in [-0.4, -0.2) is 12.3 Å². The second-order valence-corrected chi connectivity index (χ2v) is 3.52. The van der Waals surface area contributed by atoms with Crippen LogP contribution in [0.3, 0.4) is 0 Å². The largest absolute Gasteiger partial charge is 0.484 e. The average molecular weight is 209 g/mol. The lowest BCUT2D eigenvalue weighted by molar-refractivity contribution is -0.135. The van der Waals surface area contributed by atoms with Crippen LogP contribution in [0.25, 0.3) is 0 Å². The lowest BCUT2D eigenvalue weighted by Crippen LogP contribution is -2.18. The van der Waals surface area contributed by atoms with Crippen molar-refractivity contribution >= 4 is 0 Å². The fourth-order valence-corrected chi connectivity index (χ4v) is 1.55. The molecule has 1 heterocycles. The highest BCUT2D eigenvalue weighted by Crippen LogP contribution is 2.39. The third-order valence-corrected chi connectivity index (χ3v) is 2.41. The van der Waals surface area contributed by atoms with Gasteiger partial charge in [0.2, 0.25) is 5.76 Å². The van der Waals surface area contributed by atoms with E-state index in [1.165, 1.54) is 0 Å². The van der Waals surface area contributed by atoms with Crippen molar-refractivity contribution in [2.75, 3.05) is 0 Å². The van der Waals surface area contributed by atoms with Crippen molar-refractivity contribution in [1.82, 2.24) is 0 Å². The molecule has 0 amide bonds. The maximum atomic E-state index is 12.3. The van der Waals surface area contributed by atoms with E-state index < -0.39 is 18.0 Å². The predicted molar refractivity (Wildman–Crippen MR) is 46.2 cm³/mol. The maximum absolute atomic E-state index is 12.3. The summed E-state index contributed by atoms with van der Waals surface area (Å²) < 4.78 is 41.8. The normalized spacial score (nSPS) is 28.1. The summed E-state index contributed by atoms with van der Waals surface area (Å²) in [7, 11) is 0. The maximum Gasteiger partial charge on any atom is 0.450 e. The minimum absolute atomic E-state index is 0.170. The summed E-state index contributed by atoms with van der Waals surface area (Å²) in [5.41, 5.74) is 5.19. The van der Waals surface area contributed by atoms with Crippen molar-refractivity contribution in [3.05, 3.63) is 11.5 Å². The molecule has 2 nitrogen and oxygen atoms in total. The van der Waals surface area contributed by atoms with E-state index in [4.69, 9.17) is 10.5 Å². The topological polar surface area (TPSA) is 35.2 Å². The van der Waals surface area contributed by atoms with Crippen LogP contribution >= 0.6 is 0 Å². The highest BCUT2D eigenvalue weighted by molar-refractivity contribution is 5.19. The number of alkyl halides is 3. The van der Waals surface area contributed by atoms with Crippen LogP contribution in [0.15, 0.2) is 11.5 Å². The molecule has 14 heavy (non-hydrogen) atoms. The Hall–Kier alpha value is -0.870. The van der Waals surface area contributed by atoms with E-state index in [0.717, 1.165) is 6.42 Å². The first-order valence-electron chi connectivity index (χ1n) is 4.61. The zero-order valence-electron chi connectivity index (χ0n) is 8.19. The first kappa shape index (κ1) is 11.2. The van der Waals surface area contributed by atoms with Gasteiger partial charge in [-0.05, 0) is 6.42 Å². The lowest BCUT2D eigenvalue weighted by Gasteiger charge is -2.16. The van der Waals surface area contributed by atoms with Gasteiger partial charge >= 0.3 is 6.18 Å². The monoisotopic (exact) mass is 209 g/mol. The number of hydrogen-bond acceptors (Lipinski definition) is 2. The standard InChI is InChI=1S/C9H14F3NO/c1-3-4-6-5(2)7(13)8(14-6)9(10,11)12/h5-6H,3-4,13H2,1-2H3. The average Bonchev–Trinajstić information content (AvgIpc) is 2.32. The smallest absolute Gasteiger partial charge is 0.450 e. The second kappa shape index (κ2) is 3.71. The Morgan fingerprint density at radius 3 is 2.36 bits per heavy atom. The van der Waals surface area contributed by atoms with E-state index in [9.17, 15) is 13.2 Å². The van der Waals surface area contributed by atoms with Gasteiger partial charge in [0.05, 0.1) is 5.70 Å². The van der Waals surface area contributed by atoms with E-state index in [1.54, 1.807) is 6.92 Å². The molecule has 0 saturated carbocycles. The van der Waals surface area contributed by atoms with Crippen LogP contribution in [-0.2, 0) is 4.74 Å². The Balaban J connectivity index is 2.80. The van der Waals surface area contributed by atoms with E-state index in [1.807, 2.05) is 6.92 Å². The number of halogens is 3. The van der Waals surface area contributed by atoms with Gasteiger partial charge in [-0.2, -0.15) is 13.2 Å². The summed E-state index contributed by atoms with van der Waals surface area (Å²) in [6, 6.07) is 0. The Kier molecular flexibility index (Phi) is 2.97. The number of rotatable bonds is 2. The van der Waals surface area contributed by atoms with Crippen molar-refractivity contribution in [2.24, 2.45) is 11.7 Å². The Bertz CT molecular complexity index is 247. The number of allylic oxidation sites excluding steroid dienone is 1. The molecule has 1 rings (SSSR count). The SMILES string of the molecule is CCCC1OC(C(F)(F)F)=C(N)C1C. The molecule has 0 radical (unpaired) electrons. The second-order valence-electron chi connectivity index (χ2n) is 3.52. The molecular formula is C9H14F3NO.